The van der Waals surface area contributed by atoms with Crippen LogP contribution in [0.4, 0.5) is 13.2 Å². The van der Waals surface area contributed by atoms with Gasteiger partial charge in [-0.3, -0.25) is 10.2 Å². The third kappa shape index (κ3) is 6.28. The van der Waals surface area contributed by atoms with Crippen molar-refractivity contribution in [2.45, 2.75) is 103 Å². The summed E-state index contributed by atoms with van der Waals surface area (Å²) < 4.78 is 43.9. The molecule has 0 bridgehead atoms. The third-order valence-corrected chi connectivity index (χ3v) is 6.69. The van der Waals surface area contributed by atoms with E-state index in [2.05, 4.69) is 12.3 Å². The van der Waals surface area contributed by atoms with Crippen LogP contribution in [-0.4, -0.2) is 22.6 Å². The Morgan fingerprint density at radius 2 is 1.61 bits per heavy atom. The molecule has 1 aliphatic heterocycles. The quantitative estimate of drug-likeness (QED) is 0.348. The number of fused-ring (bicyclic) bond motifs is 1. The topological polar surface area (TPSA) is 32.3 Å². The van der Waals surface area contributed by atoms with Crippen LogP contribution >= 0.6 is 0 Å². The van der Waals surface area contributed by atoms with Gasteiger partial charge in [0.2, 0.25) is 5.91 Å². The zero-order valence-corrected chi connectivity index (χ0v) is 20.1. The first kappa shape index (κ1) is 25.5. The van der Waals surface area contributed by atoms with Crippen LogP contribution < -0.4 is 5.43 Å². The second-order valence-corrected chi connectivity index (χ2v) is 9.92. The molecule has 2 aromatic carbocycles. The maximum atomic E-state index is 14.6. The summed E-state index contributed by atoms with van der Waals surface area (Å²) in [6.07, 6.45) is 5.26. The van der Waals surface area contributed by atoms with Crippen molar-refractivity contribution in [3.05, 3.63) is 47.5 Å². The number of hydrogen-bond acceptors (Lipinski definition) is 2. The van der Waals surface area contributed by atoms with Gasteiger partial charge in [0.15, 0.2) is 6.04 Å². The highest BCUT2D eigenvalue weighted by Crippen LogP contribution is 2.46. The predicted octanol–water partition coefficient (Wildman–Crippen LogP) is 7.64. The molecule has 6 heteroatoms. The molecule has 3 nitrogen and oxygen atoms in total. The number of hydrogen-bond donors (Lipinski definition) is 1. The highest BCUT2D eigenvalue weighted by molar-refractivity contribution is 5.87. The molecule has 1 fully saturated rings. The Bertz CT molecular complexity index is 939. The summed E-state index contributed by atoms with van der Waals surface area (Å²) in [5.41, 5.74) is 2.57. The lowest BCUT2D eigenvalue weighted by molar-refractivity contribution is -0.203. The van der Waals surface area contributed by atoms with Gasteiger partial charge in [0.05, 0.1) is 0 Å². The van der Waals surface area contributed by atoms with Crippen molar-refractivity contribution in [2.24, 2.45) is 0 Å². The van der Waals surface area contributed by atoms with Crippen LogP contribution in [0.5, 0.6) is 0 Å². The van der Waals surface area contributed by atoms with Gasteiger partial charge in [-0.15, -0.1) is 0 Å². The summed E-state index contributed by atoms with van der Waals surface area (Å²) in [5, 5.41) is 2.52. The minimum Gasteiger partial charge on any atom is -0.287 e. The predicted molar refractivity (Wildman–Crippen MR) is 128 cm³/mol. The van der Waals surface area contributed by atoms with Crippen molar-refractivity contribution in [3.63, 3.8) is 0 Å². The maximum Gasteiger partial charge on any atom is 0.409 e. The lowest BCUT2D eigenvalue weighted by Gasteiger charge is -2.39. The number of aryl methyl sites for hydroxylation is 1. The normalized spacial score (nSPS) is 17.5. The molecule has 1 atom stereocenters. The van der Waals surface area contributed by atoms with Crippen molar-refractivity contribution >= 4 is 16.7 Å². The second kappa shape index (κ2) is 10.9. The van der Waals surface area contributed by atoms with Crippen molar-refractivity contribution in [2.75, 3.05) is 0 Å². The van der Waals surface area contributed by atoms with Gasteiger partial charge >= 0.3 is 6.18 Å². The van der Waals surface area contributed by atoms with E-state index >= 15 is 0 Å². The molecule has 2 aromatic rings. The van der Waals surface area contributed by atoms with E-state index in [1.165, 1.54) is 32.1 Å². The number of amides is 1. The van der Waals surface area contributed by atoms with Crippen LogP contribution in [-0.2, 0) is 11.2 Å². The molecule has 0 unspecified atom stereocenters. The van der Waals surface area contributed by atoms with Gasteiger partial charge in [0.1, 0.15) is 0 Å². The lowest BCUT2D eigenvalue weighted by Crippen LogP contribution is -2.51. The minimum atomic E-state index is -4.53. The number of benzene rings is 2. The Kier molecular flexibility index (Phi) is 8.43. The fourth-order valence-corrected chi connectivity index (χ4v) is 4.99. The molecule has 0 aliphatic carbocycles. The molecule has 0 saturated carbocycles. The molecule has 1 N–H and O–H groups in total. The van der Waals surface area contributed by atoms with Crippen LogP contribution in [0.1, 0.15) is 95.7 Å². The van der Waals surface area contributed by atoms with Crippen LogP contribution in [0.2, 0.25) is 0 Å². The van der Waals surface area contributed by atoms with Gasteiger partial charge in [-0.1, -0.05) is 88.3 Å². The third-order valence-electron chi connectivity index (χ3n) is 6.69. The number of rotatable bonds is 11. The van der Waals surface area contributed by atoms with E-state index in [9.17, 15) is 18.0 Å². The molecule has 182 valence electrons. The molecule has 0 spiro atoms. The Labute approximate surface area is 195 Å². The fraction of sp³-hybridized carbons (Fsp3) is 0.593. The summed E-state index contributed by atoms with van der Waals surface area (Å²) in [6, 6.07) is 9.12. The summed E-state index contributed by atoms with van der Waals surface area (Å²) in [6.45, 7) is 5.57. The lowest BCUT2D eigenvalue weighted by atomic mass is 9.88. The van der Waals surface area contributed by atoms with Crippen molar-refractivity contribution in [3.8, 4) is 0 Å². The molecule has 1 aliphatic rings. The first-order valence-electron chi connectivity index (χ1n) is 12.3. The van der Waals surface area contributed by atoms with E-state index in [1.807, 2.05) is 24.3 Å². The number of carbonyl (C=O) groups is 1. The van der Waals surface area contributed by atoms with E-state index < -0.39 is 17.8 Å². The number of nitrogens with one attached hydrogen (secondary N) is 1. The van der Waals surface area contributed by atoms with Crippen molar-refractivity contribution < 1.29 is 18.0 Å². The van der Waals surface area contributed by atoms with Crippen LogP contribution in [0, 0.1) is 0 Å². The molecule has 0 aromatic heterocycles. The van der Waals surface area contributed by atoms with Crippen molar-refractivity contribution in [1.82, 2.24) is 10.4 Å². The zero-order valence-electron chi connectivity index (χ0n) is 20.1. The highest BCUT2D eigenvalue weighted by atomic mass is 19.4. The number of unbranched alkanes of at least 4 members (excludes halogenated alkanes) is 7. The monoisotopic (exact) mass is 462 g/mol. The largest absolute Gasteiger partial charge is 0.409 e. The molecule has 3 rings (SSSR count). The van der Waals surface area contributed by atoms with Gasteiger partial charge in [0.25, 0.3) is 0 Å². The molecule has 1 amide bonds. The molecule has 33 heavy (non-hydrogen) atoms. The molecule has 0 radical (unpaired) electrons. The summed E-state index contributed by atoms with van der Waals surface area (Å²) in [5.74, 6) is -0.376. The number of alkyl halides is 3. The maximum absolute atomic E-state index is 14.6. The van der Waals surface area contributed by atoms with Crippen LogP contribution in [0.3, 0.4) is 0 Å². The number of halogens is 3. The molecule has 1 heterocycles. The van der Waals surface area contributed by atoms with Gasteiger partial charge in [-0.05, 0) is 48.6 Å². The average Bonchev–Trinajstić information content (AvgIpc) is 3.01. The van der Waals surface area contributed by atoms with E-state index in [0.717, 1.165) is 35.2 Å². The SMILES string of the molecule is CCCCCCCCCCc1ccc2ccccc2c1[C@H](N1NC(=O)CC1(C)C)C(F)(F)F. The smallest absolute Gasteiger partial charge is 0.287 e. The van der Waals surface area contributed by atoms with Crippen LogP contribution in [0.15, 0.2) is 36.4 Å². The summed E-state index contributed by atoms with van der Waals surface area (Å²) in [7, 11) is 0. The molecule has 1 saturated heterocycles. The van der Waals surface area contributed by atoms with E-state index in [4.69, 9.17) is 0 Å². The average molecular weight is 463 g/mol. The van der Waals surface area contributed by atoms with Gasteiger partial charge in [0, 0.05) is 12.0 Å². The highest BCUT2D eigenvalue weighted by Gasteiger charge is 2.53. The summed E-state index contributed by atoms with van der Waals surface area (Å²) in [4.78, 5) is 12.1. The first-order valence-corrected chi connectivity index (χ1v) is 12.3. The Morgan fingerprint density at radius 3 is 2.21 bits per heavy atom. The number of carbonyl (C=O) groups excluding carboxylic acids is 1. The van der Waals surface area contributed by atoms with E-state index in [-0.39, 0.29) is 17.9 Å². The zero-order chi connectivity index (χ0) is 24.1. The molecular formula is C27H37F3N2O. The Hall–Kier alpha value is -2.08. The first-order chi connectivity index (χ1) is 15.6. The standard InChI is InChI=1S/C27H37F3N2O/c1-4-5-6-7-8-9-10-11-15-21-18-17-20-14-12-13-16-22(20)24(21)25(27(28,29)30)32-26(2,3)19-23(33)31-32/h12-14,16-18,25H,4-11,15,19H2,1-3H3,(H,31,33)/t25-/m0/s1. The van der Waals surface area contributed by atoms with E-state index in [1.54, 1.807) is 26.0 Å². The van der Waals surface area contributed by atoms with Crippen LogP contribution in [0.25, 0.3) is 10.8 Å². The minimum absolute atomic E-state index is 0.0394. The van der Waals surface area contributed by atoms with Crippen molar-refractivity contribution in [1.29, 1.82) is 0 Å². The fourth-order valence-electron chi connectivity index (χ4n) is 4.99. The summed E-state index contributed by atoms with van der Waals surface area (Å²) >= 11 is 0. The molecular weight excluding hydrogens is 425 g/mol. The van der Waals surface area contributed by atoms with E-state index in [0.29, 0.717) is 11.8 Å². The van der Waals surface area contributed by atoms with Gasteiger partial charge in [-0.2, -0.15) is 18.2 Å². The van der Waals surface area contributed by atoms with Gasteiger partial charge in [-0.25, -0.2) is 0 Å². The number of hydrazine groups is 1. The second-order valence-electron chi connectivity index (χ2n) is 9.92. The van der Waals surface area contributed by atoms with Gasteiger partial charge < -0.3 is 0 Å². The Morgan fingerprint density at radius 1 is 0.970 bits per heavy atom. The number of nitrogens with zero attached hydrogens (tertiary/aromatic N) is 1. The Balaban J connectivity index is 1.89.